The predicted molar refractivity (Wildman–Crippen MR) is 68.4 cm³/mol. The monoisotopic (exact) mass is 270 g/mol. The van der Waals surface area contributed by atoms with Crippen molar-refractivity contribution >= 4 is 23.4 Å². The van der Waals surface area contributed by atoms with Gasteiger partial charge in [-0.1, -0.05) is 11.6 Å². The Labute approximate surface area is 111 Å². The van der Waals surface area contributed by atoms with Crippen LogP contribution in [0.4, 0.5) is 0 Å². The van der Waals surface area contributed by atoms with E-state index in [9.17, 15) is 9.59 Å². The molecular weight excluding hydrogens is 256 g/mol. The van der Waals surface area contributed by atoms with Gasteiger partial charge in [-0.3, -0.25) is 9.59 Å². The molecule has 1 N–H and O–H groups in total. The first-order valence-corrected chi connectivity index (χ1v) is 6.01. The van der Waals surface area contributed by atoms with Gasteiger partial charge in [-0.2, -0.15) is 0 Å². The first kappa shape index (κ1) is 14.5. The fourth-order valence-electron chi connectivity index (χ4n) is 1.55. The molecule has 0 saturated heterocycles. The number of hydrogen-bond donors (Lipinski definition) is 1. The number of aliphatic carboxylic acids is 1. The quantitative estimate of drug-likeness (QED) is 0.610. The van der Waals surface area contributed by atoms with Gasteiger partial charge in [-0.15, -0.1) is 0 Å². The van der Waals surface area contributed by atoms with E-state index in [2.05, 4.69) is 0 Å². The van der Waals surface area contributed by atoms with Crippen molar-refractivity contribution in [2.45, 2.75) is 25.7 Å². The zero-order chi connectivity index (χ0) is 13.5. The minimum Gasteiger partial charge on any atom is -0.497 e. The molecule has 0 heterocycles. The number of carboxylic acids is 1. The molecule has 0 fully saturated rings. The molecule has 0 aliphatic rings. The highest BCUT2D eigenvalue weighted by Gasteiger charge is 2.11. The smallest absolute Gasteiger partial charge is 0.303 e. The molecule has 1 aromatic rings. The summed E-state index contributed by atoms with van der Waals surface area (Å²) in [6, 6.07) is 4.89. The van der Waals surface area contributed by atoms with Crippen molar-refractivity contribution in [1.29, 1.82) is 0 Å². The van der Waals surface area contributed by atoms with Gasteiger partial charge in [0.15, 0.2) is 5.78 Å². The number of benzene rings is 1. The zero-order valence-electron chi connectivity index (χ0n) is 10.1. The van der Waals surface area contributed by atoms with Crippen LogP contribution in [0.2, 0.25) is 5.02 Å². The Balaban J connectivity index is 2.54. The lowest BCUT2D eigenvalue weighted by Crippen LogP contribution is -2.01. The Bertz CT molecular complexity index is 443. The van der Waals surface area contributed by atoms with Crippen LogP contribution in [-0.4, -0.2) is 24.0 Å². The summed E-state index contributed by atoms with van der Waals surface area (Å²) in [7, 11) is 1.53. The molecule has 1 aromatic carbocycles. The van der Waals surface area contributed by atoms with Crippen molar-refractivity contribution in [1.82, 2.24) is 0 Å². The van der Waals surface area contributed by atoms with Crippen LogP contribution in [0.25, 0.3) is 0 Å². The molecule has 0 bridgehead atoms. The molecule has 0 radical (unpaired) electrons. The molecule has 0 atom stereocenters. The van der Waals surface area contributed by atoms with Gasteiger partial charge in [0, 0.05) is 18.4 Å². The van der Waals surface area contributed by atoms with Crippen LogP contribution in [0.5, 0.6) is 5.75 Å². The van der Waals surface area contributed by atoms with Crippen LogP contribution in [0, 0.1) is 0 Å². The van der Waals surface area contributed by atoms with E-state index >= 15 is 0 Å². The van der Waals surface area contributed by atoms with Gasteiger partial charge in [0.2, 0.25) is 0 Å². The minimum atomic E-state index is -0.843. The summed E-state index contributed by atoms with van der Waals surface area (Å²) in [5.74, 6) is -0.319. The second-order valence-corrected chi connectivity index (χ2v) is 4.28. The summed E-state index contributed by atoms with van der Waals surface area (Å²) < 4.78 is 4.99. The Kier molecular flexibility index (Phi) is 5.65. The van der Waals surface area contributed by atoms with Crippen molar-refractivity contribution in [2.24, 2.45) is 0 Å². The number of ketones is 1. The third kappa shape index (κ3) is 4.37. The van der Waals surface area contributed by atoms with E-state index in [0.29, 0.717) is 35.6 Å². The number of methoxy groups -OCH3 is 1. The van der Waals surface area contributed by atoms with E-state index in [-0.39, 0.29) is 12.2 Å². The van der Waals surface area contributed by atoms with E-state index < -0.39 is 5.97 Å². The van der Waals surface area contributed by atoms with Crippen molar-refractivity contribution in [3.63, 3.8) is 0 Å². The lowest BCUT2D eigenvalue weighted by molar-refractivity contribution is -0.137. The molecule has 0 aliphatic heterocycles. The van der Waals surface area contributed by atoms with Crippen molar-refractivity contribution in [3.05, 3.63) is 28.8 Å². The largest absolute Gasteiger partial charge is 0.497 e. The Hall–Kier alpha value is -1.55. The first-order chi connectivity index (χ1) is 8.54. The second kappa shape index (κ2) is 7.01. The fourth-order valence-corrected chi connectivity index (χ4v) is 1.82. The summed E-state index contributed by atoms with van der Waals surface area (Å²) in [5.41, 5.74) is 0.452. The van der Waals surface area contributed by atoms with Crippen LogP contribution in [-0.2, 0) is 4.79 Å². The first-order valence-electron chi connectivity index (χ1n) is 5.63. The predicted octanol–water partition coefficient (Wildman–Crippen LogP) is 3.18. The number of rotatable bonds is 7. The molecular formula is C13H15ClO4. The van der Waals surface area contributed by atoms with E-state index in [0.717, 1.165) is 0 Å². The fraction of sp³-hybridized carbons (Fsp3) is 0.385. The molecule has 0 aliphatic carbocycles. The number of carboxylic acid groups (broad SMARTS) is 1. The maximum absolute atomic E-state index is 11.8. The molecule has 0 amide bonds. The maximum atomic E-state index is 11.8. The Morgan fingerprint density at radius 3 is 2.50 bits per heavy atom. The molecule has 98 valence electrons. The maximum Gasteiger partial charge on any atom is 0.303 e. The average Bonchev–Trinajstić information content (AvgIpc) is 2.33. The molecule has 4 nitrogen and oxygen atoms in total. The molecule has 0 unspecified atom stereocenters. The Morgan fingerprint density at radius 1 is 1.28 bits per heavy atom. The number of unbranched alkanes of at least 4 members (excludes halogenated alkanes) is 1. The Morgan fingerprint density at radius 2 is 1.94 bits per heavy atom. The van der Waals surface area contributed by atoms with Gasteiger partial charge in [0.05, 0.1) is 12.1 Å². The van der Waals surface area contributed by atoms with Crippen LogP contribution in [0.3, 0.4) is 0 Å². The van der Waals surface area contributed by atoms with Crippen LogP contribution in [0.15, 0.2) is 18.2 Å². The van der Waals surface area contributed by atoms with Crippen molar-refractivity contribution in [3.8, 4) is 5.75 Å². The van der Waals surface area contributed by atoms with Crippen molar-refractivity contribution in [2.75, 3.05) is 7.11 Å². The van der Waals surface area contributed by atoms with E-state index in [1.54, 1.807) is 18.2 Å². The number of carbonyl (C=O) groups is 2. The van der Waals surface area contributed by atoms with Gasteiger partial charge in [-0.25, -0.2) is 0 Å². The van der Waals surface area contributed by atoms with Crippen LogP contribution < -0.4 is 4.74 Å². The highest BCUT2D eigenvalue weighted by Crippen LogP contribution is 2.24. The number of carbonyl (C=O) groups excluding carboxylic acids is 1. The molecule has 0 aromatic heterocycles. The zero-order valence-corrected chi connectivity index (χ0v) is 10.9. The normalized spacial score (nSPS) is 10.1. The topological polar surface area (TPSA) is 63.6 Å². The molecule has 18 heavy (non-hydrogen) atoms. The van der Waals surface area contributed by atoms with Gasteiger partial charge in [0.25, 0.3) is 0 Å². The summed E-state index contributed by atoms with van der Waals surface area (Å²) in [5, 5.41) is 8.84. The van der Waals surface area contributed by atoms with E-state index in [1.807, 2.05) is 0 Å². The van der Waals surface area contributed by atoms with Gasteiger partial charge in [0.1, 0.15) is 5.75 Å². The highest BCUT2D eigenvalue weighted by molar-refractivity contribution is 6.34. The highest BCUT2D eigenvalue weighted by atomic mass is 35.5. The molecule has 0 saturated carbocycles. The average molecular weight is 271 g/mol. The van der Waals surface area contributed by atoms with E-state index in [1.165, 1.54) is 7.11 Å². The lowest BCUT2D eigenvalue weighted by Gasteiger charge is -2.05. The summed E-state index contributed by atoms with van der Waals surface area (Å²) in [4.78, 5) is 22.2. The minimum absolute atomic E-state index is 0.0759. The summed E-state index contributed by atoms with van der Waals surface area (Å²) >= 11 is 5.97. The van der Waals surface area contributed by atoms with Gasteiger partial charge < -0.3 is 9.84 Å². The van der Waals surface area contributed by atoms with Crippen LogP contribution in [0.1, 0.15) is 36.0 Å². The number of hydrogen-bond acceptors (Lipinski definition) is 3. The van der Waals surface area contributed by atoms with Crippen LogP contribution >= 0.6 is 11.6 Å². The SMILES string of the molecule is COc1ccc(C(=O)CCCCC(=O)O)c(Cl)c1. The van der Waals surface area contributed by atoms with E-state index in [4.69, 9.17) is 21.4 Å². The van der Waals surface area contributed by atoms with Crippen molar-refractivity contribution < 1.29 is 19.4 Å². The third-order valence-electron chi connectivity index (χ3n) is 2.52. The number of Topliss-reactive ketones (excluding diaryl/α,β-unsaturated/α-hetero) is 1. The molecule has 0 spiro atoms. The summed E-state index contributed by atoms with van der Waals surface area (Å²) in [6.45, 7) is 0. The standard InChI is InChI=1S/C13H15ClO4/c1-18-9-6-7-10(11(14)8-9)12(15)4-2-3-5-13(16)17/h6-8H,2-5H2,1H3,(H,16,17). The number of halogens is 1. The van der Waals surface area contributed by atoms with Gasteiger partial charge in [-0.05, 0) is 31.0 Å². The third-order valence-corrected chi connectivity index (χ3v) is 2.83. The molecule has 5 heteroatoms. The lowest BCUT2D eigenvalue weighted by atomic mass is 10.0. The number of ether oxygens (including phenoxy) is 1. The second-order valence-electron chi connectivity index (χ2n) is 3.87. The summed E-state index contributed by atoms with van der Waals surface area (Å²) in [6.07, 6.45) is 1.44. The van der Waals surface area contributed by atoms with Gasteiger partial charge >= 0.3 is 5.97 Å². The molecule has 1 rings (SSSR count).